The Morgan fingerprint density at radius 1 is 1.50 bits per heavy atom. The maximum absolute atomic E-state index is 11.2. The Balaban J connectivity index is 2.18. The molecule has 1 amide bonds. The zero-order valence-electron chi connectivity index (χ0n) is 9.93. The molecule has 5 heteroatoms. The molecule has 1 aromatic carbocycles. The molecule has 0 radical (unpaired) electrons. The fourth-order valence-electron chi connectivity index (χ4n) is 2.25. The molecule has 0 bridgehead atoms. The van der Waals surface area contributed by atoms with Crippen molar-refractivity contribution in [3.63, 3.8) is 0 Å². The van der Waals surface area contributed by atoms with Gasteiger partial charge in [0.15, 0.2) is 6.29 Å². The van der Waals surface area contributed by atoms with Crippen molar-refractivity contribution in [3.05, 3.63) is 28.2 Å². The van der Waals surface area contributed by atoms with Gasteiger partial charge in [-0.25, -0.2) is 0 Å². The third-order valence-electron chi connectivity index (χ3n) is 3.30. The maximum atomic E-state index is 11.2. The van der Waals surface area contributed by atoms with Crippen LogP contribution in [0, 0.1) is 5.92 Å². The number of carbonyl (C=O) groups is 2. The number of anilines is 1. The highest BCUT2D eigenvalue weighted by atomic mass is 79.9. The summed E-state index contributed by atoms with van der Waals surface area (Å²) in [7, 11) is 0. The Kier molecular flexibility index (Phi) is 4.01. The highest BCUT2D eigenvalue weighted by molar-refractivity contribution is 9.10. The van der Waals surface area contributed by atoms with Crippen LogP contribution in [-0.4, -0.2) is 25.3 Å². The Bertz CT molecular complexity index is 476. The highest BCUT2D eigenvalue weighted by Crippen LogP contribution is 2.27. The van der Waals surface area contributed by atoms with Crippen LogP contribution in [0.3, 0.4) is 0 Å². The lowest BCUT2D eigenvalue weighted by molar-refractivity contribution is -0.122. The molecule has 96 valence electrons. The molecule has 1 atom stereocenters. The van der Waals surface area contributed by atoms with Gasteiger partial charge in [0.2, 0.25) is 5.91 Å². The number of aldehydes is 1. The average Bonchev–Trinajstić information content (AvgIpc) is 2.38. The van der Waals surface area contributed by atoms with Gasteiger partial charge < -0.3 is 10.6 Å². The van der Waals surface area contributed by atoms with E-state index in [1.54, 1.807) is 6.07 Å². The smallest absolute Gasteiger partial charge is 0.222 e. The molecule has 1 heterocycles. The molecule has 1 fully saturated rings. The fraction of sp³-hybridized carbons (Fsp3) is 0.385. The van der Waals surface area contributed by atoms with Crippen LogP contribution in [0.15, 0.2) is 22.7 Å². The van der Waals surface area contributed by atoms with E-state index < -0.39 is 0 Å². The molecule has 2 N–H and O–H groups in total. The van der Waals surface area contributed by atoms with Crippen molar-refractivity contribution in [1.29, 1.82) is 0 Å². The van der Waals surface area contributed by atoms with Crippen LogP contribution in [0.25, 0.3) is 0 Å². The minimum absolute atomic E-state index is 0.0803. The van der Waals surface area contributed by atoms with Gasteiger partial charge in [-0.15, -0.1) is 0 Å². The fourth-order valence-corrected chi connectivity index (χ4v) is 2.71. The number of amides is 1. The van der Waals surface area contributed by atoms with Crippen molar-refractivity contribution in [1.82, 2.24) is 0 Å². The van der Waals surface area contributed by atoms with E-state index in [4.69, 9.17) is 5.73 Å². The summed E-state index contributed by atoms with van der Waals surface area (Å²) in [6.45, 7) is 1.57. The van der Waals surface area contributed by atoms with Crippen molar-refractivity contribution < 1.29 is 9.59 Å². The number of hydrogen-bond acceptors (Lipinski definition) is 3. The summed E-state index contributed by atoms with van der Waals surface area (Å²) in [5, 5.41) is 0. The van der Waals surface area contributed by atoms with Gasteiger partial charge in [0.05, 0.1) is 5.92 Å². The first-order valence-corrected chi connectivity index (χ1v) is 6.70. The lowest BCUT2D eigenvalue weighted by Crippen LogP contribution is -2.41. The summed E-state index contributed by atoms with van der Waals surface area (Å²) >= 11 is 3.37. The molecule has 1 aliphatic heterocycles. The molecule has 1 aromatic rings. The molecular weight excluding hydrogens is 296 g/mol. The van der Waals surface area contributed by atoms with E-state index in [0.717, 1.165) is 35.8 Å². The third kappa shape index (κ3) is 2.72. The van der Waals surface area contributed by atoms with Crippen LogP contribution < -0.4 is 10.6 Å². The van der Waals surface area contributed by atoms with E-state index in [1.165, 1.54) is 0 Å². The summed E-state index contributed by atoms with van der Waals surface area (Å²) in [6.07, 6.45) is 2.64. The maximum Gasteiger partial charge on any atom is 0.222 e. The zero-order valence-corrected chi connectivity index (χ0v) is 11.5. The van der Waals surface area contributed by atoms with Gasteiger partial charge in [-0.05, 0) is 47.0 Å². The van der Waals surface area contributed by atoms with E-state index in [9.17, 15) is 9.59 Å². The predicted molar refractivity (Wildman–Crippen MR) is 73.7 cm³/mol. The number of nitrogens with two attached hydrogens (primary N) is 1. The van der Waals surface area contributed by atoms with Crippen molar-refractivity contribution in [2.24, 2.45) is 11.7 Å². The van der Waals surface area contributed by atoms with Crippen LogP contribution >= 0.6 is 15.9 Å². The summed E-state index contributed by atoms with van der Waals surface area (Å²) in [6, 6.07) is 5.59. The number of piperidine rings is 1. The van der Waals surface area contributed by atoms with E-state index >= 15 is 0 Å². The number of halogens is 1. The van der Waals surface area contributed by atoms with Crippen LogP contribution in [-0.2, 0) is 4.79 Å². The summed E-state index contributed by atoms with van der Waals surface area (Å²) in [5.74, 6) is -0.313. The Hall–Kier alpha value is -1.36. The quantitative estimate of drug-likeness (QED) is 0.868. The van der Waals surface area contributed by atoms with Gasteiger partial charge in [0.1, 0.15) is 0 Å². The summed E-state index contributed by atoms with van der Waals surface area (Å²) in [4.78, 5) is 24.1. The SMILES string of the molecule is NC(=O)C1CCCN(c2ccc(C=O)c(Br)c2)C1. The molecule has 2 rings (SSSR count). The van der Waals surface area contributed by atoms with Crippen LogP contribution in [0.4, 0.5) is 5.69 Å². The van der Waals surface area contributed by atoms with Gasteiger partial charge >= 0.3 is 0 Å². The van der Waals surface area contributed by atoms with Crippen molar-refractivity contribution in [2.75, 3.05) is 18.0 Å². The van der Waals surface area contributed by atoms with Crippen LogP contribution in [0.2, 0.25) is 0 Å². The van der Waals surface area contributed by atoms with Crippen molar-refractivity contribution in [3.8, 4) is 0 Å². The Labute approximate surface area is 114 Å². The first-order valence-electron chi connectivity index (χ1n) is 5.91. The summed E-state index contributed by atoms with van der Waals surface area (Å²) < 4.78 is 0.774. The van der Waals surface area contributed by atoms with E-state index in [2.05, 4.69) is 20.8 Å². The van der Waals surface area contributed by atoms with E-state index in [0.29, 0.717) is 12.1 Å². The number of hydrogen-bond donors (Lipinski definition) is 1. The minimum atomic E-state index is -0.233. The monoisotopic (exact) mass is 310 g/mol. The standard InChI is InChI=1S/C13H15BrN2O2/c14-12-6-11(4-3-10(12)8-17)16-5-1-2-9(7-16)13(15)18/h3-4,6,8-9H,1-2,5,7H2,(H2,15,18). The highest BCUT2D eigenvalue weighted by Gasteiger charge is 2.24. The van der Waals surface area contributed by atoms with Crippen LogP contribution in [0.5, 0.6) is 0 Å². The van der Waals surface area contributed by atoms with Gasteiger partial charge in [0, 0.05) is 28.8 Å². The molecule has 18 heavy (non-hydrogen) atoms. The molecule has 1 aliphatic rings. The molecule has 1 unspecified atom stereocenters. The van der Waals surface area contributed by atoms with Crippen LogP contribution in [0.1, 0.15) is 23.2 Å². The van der Waals surface area contributed by atoms with Gasteiger partial charge in [0.25, 0.3) is 0 Å². The number of primary amides is 1. The lowest BCUT2D eigenvalue weighted by atomic mass is 9.97. The average molecular weight is 311 g/mol. The number of rotatable bonds is 3. The third-order valence-corrected chi connectivity index (χ3v) is 3.99. The normalized spacial score (nSPS) is 19.6. The van der Waals surface area contributed by atoms with E-state index in [1.807, 2.05) is 12.1 Å². The second-order valence-corrected chi connectivity index (χ2v) is 5.37. The molecule has 0 aromatic heterocycles. The molecule has 0 spiro atoms. The molecular formula is C13H15BrN2O2. The largest absolute Gasteiger partial charge is 0.371 e. The minimum Gasteiger partial charge on any atom is -0.371 e. The lowest BCUT2D eigenvalue weighted by Gasteiger charge is -2.33. The second kappa shape index (κ2) is 5.52. The number of nitrogens with zero attached hydrogens (tertiary/aromatic N) is 1. The molecule has 4 nitrogen and oxygen atoms in total. The first-order chi connectivity index (χ1) is 8.61. The Morgan fingerprint density at radius 2 is 2.28 bits per heavy atom. The molecule has 0 saturated carbocycles. The predicted octanol–water partition coefficient (Wildman–Crippen LogP) is 1.96. The molecule has 0 aliphatic carbocycles. The summed E-state index contributed by atoms with van der Waals surface area (Å²) in [5.41, 5.74) is 7.00. The second-order valence-electron chi connectivity index (χ2n) is 4.51. The Morgan fingerprint density at radius 3 is 2.89 bits per heavy atom. The molecule has 1 saturated heterocycles. The first kappa shape index (κ1) is 13.1. The number of benzene rings is 1. The van der Waals surface area contributed by atoms with Gasteiger partial charge in [-0.1, -0.05) is 0 Å². The zero-order chi connectivity index (χ0) is 13.1. The van der Waals surface area contributed by atoms with E-state index in [-0.39, 0.29) is 11.8 Å². The topological polar surface area (TPSA) is 63.4 Å². The van der Waals surface area contributed by atoms with Gasteiger partial charge in [-0.3, -0.25) is 9.59 Å². The number of carbonyl (C=O) groups excluding carboxylic acids is 2. The van der Waals surface area contributed by atoms with Crippen molar-refractivity contribution in [2.45, 2.75) is 12.8 Å². The van der Waals surface area contributed by atoms with Crippen molar-refractivity contribution >= 4 is 33.8 Å². The van der Waals surface area contributed by atoms with Gasteiger partial charge in [-0.2, -0.15) is 0 Å².